The van der Waals surface area contributed by atoms with Gasteiger partial charge in [0.05, 0.1) is 6.10 Å². The molecule has 1 amide bonds. The number of benzene rings is 1. The number of pyridine rings is 1. The fraction of sp³-hybridized carbons (Fsp3) is 0.429. The normalized spacial score (nSPS) is 22.8. The summed E-state index contributed by atoms with van der Waals surface area (Å²) in [7, 11) is 0. The maximum atomic E-state index is 12.8. The highest BCUT2D eigenvalue weighted by molar-refractivity contribution is 5.94. The van der Waals surface area contributed by atoms with Gasteiger partial charge in [0.2, 0.25) is 0 Å². The average Bonchev–Trinajstić information content (AvgIpc) is 3.07. The molecule has 1 heterocycles. The highest BCUT2D eigenvalue weighted by Gasteiger charge is 2.35. The number of rotatable bonds is 5. The van der Waals surface area contributed by atoms with E-state index in [0.717, 1.165) is 36.9 Å². The third-order valence-electron chi connectivity index (χ3n) is 5.55. The lowest BCUT2D eigenvalue weighted by Crippen LogP contribution is -2.48. The standard InChI is InChI=1S/C21H24N2O2/c24-19-11-17(12-19)20(13-18-6-1-2-9-22-18)23-21(25)16-8-7-14-4-3-5-15(14)10-16/h1-2,6-10,17,19-20,24H,3-5,11-13H2,(H,23,25)/t17?,19?,20-/m0/s1. The van der Waals surface area contributed by atoms with Crippen LogP contribution in [0.2, 0.25) is 0 Å². The summed E-state index contributed by atoms with van der Waals surface area (Å²) in [6.45, 7) is 0. The molecule has 130 valence electrons. The lowest BCUT2D eigenvalue weighted by molar-refractivity contribution is 0.0238. The molecule has 4 nitrogen and oxygen atoms in total. The zero-order valence-corrected chi connectivity index (χ0v) is 14.3. The van der Waals surface area contributed by atoms with Crippen molar-refractivity contribution in [1.29, 1.82) is 0 Å². The Labute approximate surface area is 148 Å². The summed E-state index contributed by atoms with van der Waals surface area (Å²) < 4.78 is 0. The van der Waals surface area contributed by atoms with Gasteiger partial charge in [-0.1, -0.05) is 12.1 Å². The highest BCUT2D eigenvalue weighted by atomic mass is 16.3. The minimum Gasteiger partial charge on any atom is -0.393 e. The first-order valence-electron chi connectivity index (χ1n) is 9.19. The Bertz CT molecular complexity index is 754. The van der Waals surface area contributed by atoms with Crippen molar-refractivity contribution in [2.45, 2.75) is 50.7 Å². The van der Waals surface area contributed by atoms with Crippen molar-refractivity contribution in [3.05, 3.63) is 65.0 Å². The van der Waals surface area contributed by atoms with Gasteiger partial charge in [-0.25, -0.2) is 0 Å². The number of fused-ring (bicyclic) bond motifs is 1. The number of nitrogens with zero attached hydrogens (tertiary/aromatic N) is 1. The predicted molar refractivity (Wildman–Crippen MR) is 96.4 cm³/mol. The Hall–Kier alpha value is -2.20. The van der Waals surface area contributed by atoms with Crippen LogP contribution in [0.1, 0.15) is 46.4 Å². The molecule has 0 unspecified atom stereocenters. The first-order chi connectivity index (χ1) is 12.2. The molecule has 1 fully saturated rings. The summed E-state index contributed by atoms with van der Waals surface area (Å²) in [5.74, 6) is 0.299. The van der Waals surface area contributed by atoms with E-state index in [0.29, 0.717) is 12.3 Å². The van der Waals surface area contributed by atoms with E-state index >= 15 is 0 Å². The summed E-state index contributed by atoms with van der Waals surface area (Å²) in [6.07, 6.45) is 7.14. The van der Waals surface area contributed by atoms with Crippen molar-refractivity contribution in [2.75, 3.05) is 0 Å². The molecule has 1 saturated carbocycles. The van der Waals surface area contributed by atoms with Gasteiger partial charge in [-0.05, 0) is 73.4 Å². The third-order valence-corrected chi connectivity index (χ3v) is 5.55. The topological polar surface area (TPSA) is 62.2 Å². The zero-order chi connectivity index (χ0) is 17.2. The predicted octanol–water partition coefficient (Wildman–Crippen LogP) is 2.68. The Morgan fingerprint density at radius 3 is 2.80 bits per heavy atom. The molecular weight excluding hydrogens is 312 g/mol. The van der Waals surface area contributed by atoms with Gasteiger partial charge in [0.1, 0.15) is 0 Å². The first kappa shape index (κ1) is 16.3. The van der Waals surface area contributed by atoms with Gasteiger partial charge < -0.3 is 10.4 Å². The number of aliphatic hydroxyl groups excluding tert-OH is 1. The van der Waals surface area contributed by atoms with E-state index in [4.69, 9.17) is 0 Å². The number of hydrogen-bond donors (Lipinski definition) is 2. The van der Waals surface area contributed by atoms with Crippen molar-refractivity contribution in [3.8, 4) is 0 Å². The largest absolute Gasteiger partial charge is 0.393 e. The molecule has 1 aromatic heterocycles. The number of nitrogens with one attached hydrogen (secondary N) is 1. The van der Waals surface area contributed by atoms with Crippen LogP contribution in [-0.4, -0.2) is 28.1 Å². The summed E-state index contributed by atoms with van der Waals surface area (Å²) in [5.41, 5.74) is 4.41. The quantitative estimate of drug-likeness (QED) is 0.882. The Morgan fingerprint density at radius 2 is 2.04 bits per heavy atom. The van der Waals surface area contributed by atoms with Crippen LogP contribution in [-0.2, 0) is 19.3 Å². The summed E-state index contributed by atoms with van der Waals surface area (Å²) in [6, 6.07) is 11.9. The van der Waals surface area contributed by atoms with E-state index in [1.54, 1.807) is 6.20 Å². The first-order valence-corrected chi connectivity index (χ1v) is 9.19. The molecular formula is C21H24N2O2. The Morgan fingerprint density at radius 1 is 1.20 bits per heavy atom. The number of hydrogen-bond acceptors (Lipinski definition) is 3. The number of aliphatic hydroxyl groups is 1. The van der Waals surface area contributed by atoms with Crippen molar-refractivity contribution < 1.29 is 9.90 Å². The summed E-state index contributed by atoms with van der Waals surface area (Å²) >= 11 is 0. The molecule has 2 aliphatic carbocycles. The van der Waals surface area contributed by atoms with Crippen molar-refractivity contribution in [1.82, 2.24) is 10.3 Å². The molecule has 4 heteroatoms. The summed E-state index contributed by atoms with van der Waals surface area (Å²) in [5, 5.41) is 12.9. The average molecular weight is 336 g/mol. The molecule has 0 radical (unpaired) electrons. The lowest BCUT2D eigenvalue weighted by Gasteiger charge is -2.38. The van der Waals surface area contributed by atoms with Crippen molar-refractivity contribution in [2.24, 2.45) is 5.92 Å². The van der Waals surface area contributed by atoms with Gasteiger partial charge in [-0.3, -0.25) is 9.78 Å². The maximum absolute atomic E-state index is 12.8. The highest BCUT2D eigenvalue weighted by Crippen LogP contribution is 2.32. The number of aromatic nitrogens is 1. The monoisotopic (exact) mass is 336 g/mol. The van der Waals surface area contributed by atoms with E-state index in [2.05, 4.69) is 16.4 Å². The number of aryl methyl sites for hydroxylation is 2. The molecule has 25 heavy (non-hydrogen) atoms. The SMILES string of the molecule is O=C(N[C@@H](Cc1ccccn1)C1CC(O)C1)c1ccc2c(c1)CCC2. The summed E-state index contributed by atoms with van der Waals surface area (Å²) in [4.78, 5) is 17.2. The van der Waals surface area contributed by atoms with Crippen LogP contribution in [0.3, 0.4) is 0 Å². The molecule has 0 spiro atoms. The molecule has 2 aromatic rings. The van der Waals surface area contributed by atoms with E-state index < -0.39 is 0 Å². The fourth-order valence-electron chi connectivity index (χ4n) is 4.00. The van der Waals surface area contributed by atoms with Crippen LogP contribution >= 0.6 is 0 Å². The molecule has 1 aromatic carbocycles. The van der Waals surface area contributed by atoms with Crippen LogP contribution < -0.4 is 5.32 Å². The maximum Gasteiger partial charge on any atom is 0.251 e. The van der Waals surface area contributed by atoms with Gasteiger partial charge >= 0.3 is 0 Å². The minimum atomic E-state index is -0.229. The molecule has 4 rings (SSSR count). The van der Waals surface area contributed by atoms with Crippen LogP contribution in [0.5, 0.6) is 0 Å². The molecule has 0 aliphatic heterocycles. The van der Waals surface area contributed by atoms with Crippen molar-refractivity contribution in [3.63, 3.8) is 0 Å². The van der Waals surface area contributed by atoms with Crippen molar-refractivity contribution >= 4 is 5.91 Å². The van der Waals surface area contributed by atoms with Gasteiger partial charge in [-0.2, -0.15) is 0 Å². The second kappa shape index (κ2) is 6.96. The molecule has 0 bridgehead atoms. The molecule has 0 saturated heterocycles. The Kier molecular flexibility index (Phi) is 4.53. The fourth-order valence-corrected chi connectivity index (χ4v) is 4.00. The smallest absolute Gasteiger partial charge is 0.251 e. The van der Waals surface area contributed by atoms with Crippen LogP contribution in [0.15, 0.2) is 42.6 Å². The van der Waals surface area contributed by atoms with Gasteiger partial charge in [0, 0.05) is 29.9 Å². The molecule has 2 aliphatic rings. The van der Waals surface area contributed by atoms with Crippen LogP contribution in [0.25, 0.3) is 0 Å². The third kappa shape index (κ3) is 3.59. The van der Waals surface area contributed by atoms with E-state index in [9.17, 15) is 9.90 Å². The van der Waals surface area contributed by atoms with Gasteiger partial charge in [0.25, 0.3) is 5.91 Å². The van der Waals surface area contributed by atoms with E-state index in [-0.39, 0.29) is 18.1 Å². The van der Waals surface area contributed by atoms with Gasteiger partial charge in [-0.15, -0.1) is 0 Å². The minimum absolute atomic E-state index is 0.0130. The van der Waals surface area contributed by atoms with E-state index in [1.165, 1.54) is 17.5 Å². The van der Waals surface area contributed by atoms with E-state index in [1.807, 2.05) is 30.3 Å². The molecule has 2 N–H and O–H groups in total. The number of carbonyl (C=O) groups excluding carboxylic acids is 1. The van der Waals surface area contributed by atoms with Gasteiger partial charge in [0.15, 0.2) is 0 Å². The lowest BCUT2D eigenvalue weighted by atomic mass is 9.76. The second-order valence-corrected chi connectivity index (χ2v) is 7.33. The second-order valence-electron chi connectivity index (χ2n) is 7.33. The number of amides is 1. The zero-order valence-electron chi connectivity index (χ0n) is 14.3. The molecule has 1 atom stereocenters. The Balaban J connectivity index is 1.48. The van der Waals surface area contributed by atoms with Crippen LogP contribution in [0, 0.1) is 5.92 Å². The number of carbonyl (C=O) groups is 1. The van der Waals surface area contributed by atoms with Crippen LogP contribution in [0.4, 0.5) is 0 Å².